The summed E-state index contributed by atoms with van der Waals surface area (Å²) in [6, 6.07) is 11.8. The maximum absolute atomic E-state index is 13.0. The van der Waals surface area contributed by atoms with Gasteiger partial charge in [-0.25, -0.2) is 9.97 Å². The molecule has 0 spiro atoms. The number of anilines is 1. The fraction of sp³-hybridized carbons (Fsp3) is 0.500. The number of carbonyl (C=O) groups excluding carboxylic acids is 1. The number of benzene rings is 1. The Balaban J connectivity index is 1.96. The van der Waals surface area contributed by atoms with Crippen molar-refractivity contribution in [2.45, 2.75) is 45.4 Å². The van der Waals surface area contributed by atoms with Crippen LogP contribution in [-0.4, -0.2) is 47.5 Å². The Kier molecular flexibility index (Phi) is 6.80. The number of rotatable bonds is 6. The molecule has 0 radical (unpaired) electrons. The molecule has 1 aliphatic heterocycles. The molecule has 144 valence electrons. The van der Waals surface area contributed by atoms with Crippen molar-refractivity contribution in [3.8, 4) is 11.4 Å². The van der Waals surface area contributed by atoms with Crippen molar-refractivity contribution in [1.29, 1.82) is 0 Å². The Morgan fingerprint density at radius 2 is 1.78 bits per heavy atom. The molecule has 0 saturated carbocycles. The predicted octanol–water partition coefficient (Wildman–Crippen LogP) is 4.40. The molecule has 27 heavy (non-hydrogen) atoms. The molecule has 3 rings (SSSR count). The average molecular weight is 367 g/mol. The number of nitrogens with zero attached hydrogens (tertiary/aromatic N) is 4. The first-order valence-electron chi connectivity index (χ1n) is 10.1. The number of unbranched alkanes of at least 4 members (excludes halogenated alkanes) is 1. The number of carbonyl (C=O) groups is 1. The summed E-state index contributed by atoms with van der Waals surface area (Å²) in [5.41, 5.74) is 1.43. The van der Waals surface area contributed by atoms with E-state index in [1.165, 1.54) is 25.7 Å². The molecule has 0 bridgehead atoms. The fourth-order valence-corrected chi connectivity index (χ4v) is 3.41. The van der Waals surface area contributed by atoms with Crippen LogP contribution in [0.25, 0.3) is 11.4 Å². The van der Waals surface area contributed by atoms with Crippen LogP contribution in [0.3, 0.4) is 0 Å². The first-order valence-corrected chi connectivity index (χ1v) is 10.1. The molecule has 1 aliphatic rings. The normalized spacial score (nSPS) is 14.7. The molecule has 0 unspecified atom stereocenters. The lowest BCUT2D eigenvalue weighted by Gasteiger charge is -2.23. The molecule has 5 heteroatoms. The highest BCUT2D eigenvalue weighted by Crippen LogP contribution is 2.23. The summed E-state index contributed by atoms with van der Waals surface area (Å²) in [5.74, 6) is 1.47. The van der Waals surface area contributed by atoms with E-state index >= 15 is 0 Å². The van der Waals surface area contributed by atoms with Gasteiger partial charge in [-0.2, -0.15) is 0 Å². The van der Waals surface area contributed by atoms with Gasteiger partial charge in [-0.05, 0) is 19.3 Å². The van der Waals surface area contributed by atoms with Crippen molar-refractivity contribution in [1.82, 2.24) is 14.9 Å². The van der Waals surface area contributed by atoms with Gasteiger partial charge in [0.2, 0.25) is 0 Å². The number of amides is 1. The second-order valence-corrected chi connectivity index (χ2v) is 7.28. The van der Waals surface area contributed by atoms with Crippen molar-refractivity contribution in [2.75, 3.05) is 31.6 Å². The van der Waals surface area contributed by atoms with Crippen molar-refractivity contribution in [2.24, 2.45) is 0 Å². The van der Waals surface area contributed by atoms with Crippen LogP contribution in [0.1, 0.15) is 55.9 Å². The molecular formula is C22H30N4O. The summed E-state index contributed by atoms with van der Waals surface area (Å²) in [5, 5.41) is 0. The Hall–Kier alpha value is -2.43. The first-order chi connectivity index (χ1) is 13.2. The molecular weight excluding hydrogens is 336 g/mol. The first kappa shape index (κ1) is 19.3. The van der Waals surface area contributed by atoms with Crippen LogP contribution in [0.2, 0.25) is 0 Å². The van der Waals surface area contributed by atoms with Crippen LogP contribution >= 0.6 is 0 Å². The van der Waals surface area contributed by atoms with E-state index in [-0.39, 0.29) is 5.91 Å². The van der Waals surface area contributed by atoms with Crippen molar-refractivity contribution in [3.63, 3.8) is 0 Å². The van der Waals surface area contributed by atoms with E-state index in [2.05, 4.69) is 16.8 Å². The van der Waals surface area contributed by atoms with Crippen molar-refractivity contribution < 1.29 is 4.79 Å². The summed E-state index contributed by atoms with van der Waals surface area (Å²) in [7, 11) is 1.86. The minimum Gasteiger partial charge on any atom is -0.356 e. The third kappa shape index (κ3) is 5.06. The van der Waals surface area contributed by atoms with Crippen LogP contribution in [0.5, 0.6) is 0 Å². The zero-order valence-electron chi connectivity index (χ0n) is 16.5. The van der Waals surface area contributed by atoms with Gasteiger partial charge in [-0.3, -0.25) is 4.79 Å². The Labute approximate surface area is 162 Å². The maximum Gasteiger partial charge on any atom is 0.272 e. The Bertz CT molecular complexity index is 739. The number of aromatic nitrogens is 2. The molecule has 2 heterocycles. The van der Waals surface area contributed by atoms with E-state index in [0.717, 1.165) is 43.9 Å². The Morgan fingerprint density at radius 1 is 1.07 bits per heavy atom. The van der Waals surface area contributed by atoms with Gasteiger partial charge < -0.3 is 9.80 Å². The summed E-state index contributed by atoms with van der Waals surface area (Å²) in [6.07, 6.45) is 6.93. The molecule has 1 aromatic carbocycles. The summed E-state index contributed by atoms with van der Waals surface area (Å²) >= 11 is 0. The van der Waals surface area contributed by atoms with Crippen molar-refractivity contribution in [3.05, 3.63) is 42.1 Å². The smallest absolute Gasteiger partial charge is 0.272 e. The Morgan fingerprint density at radius 3 is 2.44 bits per heavy atom. The summed E-state index contributed by atoms with van der Waals surface area (Å²) < 4.78 is 0. The zero-order valence-corrected chi connectivity index (χ0v) is 16.5. The molecule has 0 N–H and O–H groups in total. The van der Waals surface area contributed by atoms with Gasteiger partial charge >= 0.3 is 0 Å². The number of hydrogen-bond acceptors (Lipinski definition) is 4. The highest BCUT2D eigenvalue weighted by atomic mass is 16.2. The lowest BCUT2D eigenvalue weighted by atomic mass is 10.2. The molecule has 2 aromatic rings. The van der Waals surface area contributed by atoms with Gasteiger partial charge in [0, 0.05) is 38.3 Å². The maximum atomic E-state index is 13.0. The van der Waals surface area contributed by atoms with Crippen LogP contribution < -0.4 is 4.90 Å². The zero-order chi connectivity index (χ0) is 19.1. The van der Waals surface area contributed by atoms with E-state index in [4.69, 9.17) is 4.98 Å². The van der Waals surface area contributed by atoms with Gasteiger partial charge in [0.25, 0.3) is 5.91 Å². The summed E-state index contributed by atoms with van der Waals surface area (Å²) in [4.78, 5) is 26.5. The predicted molar refractivity (Wildman–Crippen MR) is 110 cm³/mol. The molecule has 1 amide bonds. The monoisotopic (exact) mass is 366 g/mol. The minimum atomic E-state index is -0.0286. The van der Waals surface area contributed by atoms with Gasteiger partial charge in [-0.1, -0.05) is 56.5 Å². The third-order valence-electron chi connectivity index (χ3n) is 5.09. The average Bonchev–Trinajstić information content (AvgIpc) is 3.01. The quantitative estimate of drug-likeness (QED) is 0.760. The standard InChI is InChI=1S/C22H30N4O/c1-3-4-14-25(2)22(27)19-17-20(26-15-10-5-6-11-16-26)24-21(23-19)18-12-8-7-9-13-18/h7-9,12-13,17H,3-6,10-11,14-16H2,1-2H3. The van der Waals surface area contributed by atoms with Crippen LogP contribution in [0.15, 0.2) is 36.4 Å². The highest BCUT2D eigenvalue weighted by Gasteiger charge is 2.19. The van der Waals surface area contributed by atoms with E-state index in [9.17, 15) is 4.79 Å². The topological polar surface area (TPSA) is 49.3 Å². The van der Waals surface area contributed by atoms with Crippen LogP contribution in [0.4, 0.5) is 5.82 Å². The molecule has 1 fully saturated rings. The molecule has 1 aromatic heterocycles. The SMILES string of the molecule is CCCCN(C)C(=O)c1cc(N2CCCCCC2)nc(-c2ccccc2)n1. The lowest BCUT2D eigenvalue weighted by Crippen LogP contribution is -2.30. The van der Waals surface area contributed by atoms with Gasteiger partial charge in [0.1, 0.15) is 11.5 Å². The van der Waals surface area contributed by atoms with Crippen LogP contribution in [-0.2, 0) is 0 Å². The van der Waals surface area contributed by atoms with Gasteiger partial charge in [0.05, 0.1) is 0 Å². The largest absolute Gasteiger partial charge is 0.356 e. The minimum absolute atomic E-state index is 0.0286. The molecule has 1 saturated heterocycles. The van der Waals surface area contributed by atoms with E-state index in [1.807, 2.05) is 43.4 Å². The molecule has 0 atom stereocenters. The fourth-order valence-electron chi connectivity index (χ4n) is 3.41. The lowest BCUT2D eigenvalue weighted by molar-refractivity contribution is 0.0787. The van der Waals surface area contributed by atoms with E-state index in [0.29, 0.717) is 11.5 Å². The van der Waals surface area contributed by atoms with Crippen LogP contribution in [0, 0.1) is 0 Å². The number of hydrogen-bond donors (Lipinski definition) is 0. The van der Waals surface area contributed by atoms with E-state index in [1.54, 1.807) is 4.90 Å². The van der Waals surface area contributed by atoms with Gasteiger partial charge in [-0.15, -0.1) is 0 Å². The molecule has 0 aliphatic carbocycles. The van der Waals surface area contributed by atoms with Crippen molar-refractivity contribution >= 4 is 11.7 Å². The van der Waals surface area contributed by atoms with Gasteiger partial charge in [0.15, 0.2) is 5.82 Å². The molecule has 5 nitrogen and oxygen atoms in total. The van der Waals surface area contributed by atoms with E-state index < -0.39 is 0 Å². The second kappa shape index (κ2) is 9.49. The highest BCUT2D eigenvalue weighted by molar-refractivity contribution is 5.93. The summed E-state index contributed by atoms with van der Waals surface area (Å²) in [6.45, 7) is 4.86. The third-order valence-corrected chi connectivity index (χ3v) is 5.09. The second-order valence-electron chi connectivity index (χ2n) is 7.28.